The molecule has 1 saturated carbocycles. The predicted molar refractivity (Wildman–Crippen MR) is 56.9 cm³/mol. The molecule has 1 atom stereocenters. The summed E-state index contributed by atoms with van der Waals surface area (Å²) in [5.41, 5.74) is 0. The Morgan fingerprint density at radius 3 is 2.62 bits per heavy atom. The molecule has 5 heteroatoms. The lowest BCUT2D eigenvalue weighted by molar-refractivity contribution is 0.0554. The molecule has 1 N–H and O–H groups in total. The average molecular weight is 226 g/mol. The first-order valence-corrected chi connectivity index (χ1v) is 5.66. The van der Waals surface area contributed by atoms with Gasteiger partial charge in [0.15, 0.2) is 0 Å². The molecule has 0 saturated heterocycles. The van der Waals surface area contributed by atoms with E-state index in [1.165, 1.54) is 0 Å². The second kappa shape index (κ2) is 4.51. The van der Waals surface area contributed by atoms with Gasteiger partial charge in [0.1, 0.15) is 6.10 Å². The Labute approximate surface area is 94.8 Å². The maximum atomic E-state index is 9.22. The third kappa shape index (κ3) is 2.10. The van der Waals surface area contributed by atoms with Gasteiger partial charge in [-0.3, -0.25) is 0 Å². The molecule has 1 aromatic heterocycles. The summed E-state index contributed by atoms with van der Waals surface area (Å²) >= 11 is 0. The fraction of sp³-hybridized carbons (Fsp3) is 0.818. The van der Waals surface area contributed by atoms with Crippen molar-refractivity contribution in [3.63, 3.8) is 0 Å². The quantitative estimate of drug-likeness (QED) is 0.845. The summed E-state index contributed by atoms with van der Waals surface area (Å²) < 4.78 is 10.5. The van der Waals surface area contributed by atoms with Gasteiger partial charge in [0, 0.05) is 13.0 Å². The number of ether oxygens (including phenoxy) is 1. The van der Waals surface area contributed by atoms with Crippen molar-refractivity contribution >= 4 is 0 Å². The van der Waals surface area contributed by atoms with Crippen LogP contribution in [-0.2, 0) is 4.74 Å². The molecule has 0 aromatic carbocycles. The van der Waals surface area contributed by atoms with E-state index in [1.807, 2.05) is 0 Å². The summed E-state index contributed by atoms with van der Waals surface area (Å²) in [6, 6.07) is 0. The number of aliphatic hydroxyl groups excluding tert-OH is 1. The van der Waals surface area contributed by atoms with Gasteiger partial charge in [-0.15, -0.1) is 0 Å². The molecule has 2 rings (SSSR count). The predicted octanol–water partition coefficient (Wildman–Crippen LogP) is 1.65. The van der Waals surface area contributed by atoms with Crippen LogP contribution in [0.25, 0.3) is 0 Å². The highest BCUT2D eigenvalue weighted by molar-refractivity contribution is 5.03. The first-order chi connectivity index (χ1) is 7.61. The van der Waals surface area contributed by atoms with Crippen LogP contribution in [0.1, 0.15) is 50.4 Å². The van der Waals surface area contributed by atoms with Crippen molar-refractivity contribution in [3.8, 4) is 0 Å². The molecule has 1 aromatic rings. The van der Waals surface area contributed by atoms with Crippen molar-refractivity contribution in [2.45, 2.75) is 44.8 Å². The van der Waals surface area contributed by atoms with Crippen LogP contribution in [0.5, 0.6) is 0 Å². The summed E-state index contributed by atoms with van der Waals surface area (Å²) in [5, 5.41) is 13.2. The normalized spacial score (nSPS) is 26.8. The Bertz CT molecular complexity index is 345. The van der Waals surface area contributed by atoms with Crippen molar-refractivity contribution in [1.82, 2.24) is 10.1 Å². The van der Waals surface area contributed by atoms with Crippen LogP contribution < -0.4 is 0 Å². The summed E-state index contributed by atoms with van der Waals surface area (Å²) in [6.45, 7) is 4.11. The van der Waals surface area contributed by atoms with Gasteiger partial charge in [0.2, 0.25) is 11.7 Å². The molecule has 0 radical (unpaired) electrons. The van der Waals surface area contributed by atoms with Gasteiger partial charge in [-0.25, -0.2) is 0 Å². The van der Waals surface area contributed by atoms with Crippen LogP contribution in [0.3, 0.4) is 0 Å². The van der Waals surface area contributed by atoms with E-state index >= 15 is 0 Å². The molecule has 1 fully saturated rings. The third-order valence-corrected chi connectivity index (χ3v) is 3.03. The van der Waals surface area contributed by atoms with E-state index in [4.69, 9.17) is 9.26 Å². The fourth-order valence-electron chi connectivity index (χ4n) is 1.99. The number of hydrogen-bond donors (Lipinski definition) is 1. The van der Waals surface area contributed by atoms with Crippen LogP contribution in [0.15, 0.2) is 4.52 Å². The molecule has 5 nitrogen and oxygen atoms in total. The van der Waals surface area contributed by atoms with Gasteiger partial charge in [-0.1, -0.05) is 19.0 Å². The SMILES string of the molecule is COC(c1noc(C2CC(O)C2)n1)C(C)C. The van der Waals surface area contributed by atoms with Crippen molar-refractivity contribution in [2.24, 2.45) is 5.92 Å². The topological polar surface area (TPSA) is 68.4 Å². The fourth-order valence-corrected chi connectivity index (χ4v) is 1.99. The van der Waals surface area contributed by atoms with E-state index in [-0.39, 0.29) is 18.1 Å². The first-order valence-electron chi connectivity index (χ1n) is 5.66. The van der Waals surface area contributed by atoms with Crippen LogP contribution in [0, 0.1) is 5.92 Å². The lowest BCUT2D eigenvalue weighted by Gasteiger charge is -2.27. The maximum absolute atomic E-state index is 9.22. The Balaban J connectivity index is 2.06. The lowest BCUT2D eigenvalue weighted by atomic mass is 9.82. The maximum Gasteiger partial charge on any atom is 0.230 e. The summed E-state index contributed by atoms with van der Waals surface area (Å²) in [4.78, 5) is 4.35. The Hall–Kier alpha value is -0.940. The van der Waals surface area contributed by atoms with Crippen molar-refractivity contribution in [2.75, 3.05) is 7.11 Å². The number of methoxy groups -OCH3 is 1. The first kappa shape index (κ1) is 11.5. The largest absolute Gasteiger partial charge is 0.393 e. The van der Waals surface area contributed by atoms with Gasteiger partial charge in [0.05, 0.1) is 6.10 Å². The van der Waals surface area contributed by atoms with Gasteiger partial charge in [-0.2, -0.15) is 4.98 Å². The van der Waals surface area contributed by atoms with E-state index < -0.39 is 0 Å². The van der Waals surface area contributed by atoms with E-state index in [0.717, 1.165) is 12.8 Å². The molecule has 0 spiro atoms. The second-order valence-electron chi connectivity index (χ2n) is 4.71. The van der Waals surface area contributed by atoms with Gasteiger partial charge in [0.25, 0.3) is 0 Å². The molecule has 1 aliphatic rings. The third-order valence-electron chi connectivity index (χ3n) is 3.03. The summed E-state index contributed by atoms with van der Waals surface area (Å²) in [6.07, 6.45) is 1.12. The standard InChI is InChI=1S/C11H18N2O3/c1-6(2)9(15-3)10-12-11(16-13-10)7-4-8(14)5-7/h6-9,14H,4-5H2,1-3H3. The number of hydrogen-bond acceptors (Lipinski definition) is 5. The molecule has 1 unspecified atom stereocenters. The monoisotopic (exact) mass is 226 g/mol. The molecule has 0 amide bonds. The Kier molecular flexibility index (Phi) is 3.25. The minimum Gasteiger partial charge on any atom is -0.393 e. The number of nitrogens with zero attached hydrogens (tertiary/aromatic N) is 2. The molecule has 16 heavy (non-hydrogen) atoms. The average Bonchev–Trinajstić information content (AvgIpc) is 2.62. The van der Waals surface area contributed by atoms with E-state index in [1.54, 1.807) is 7.11 Å². The number of aromatic nitrogens is 2. The summed E-state index contributed by atoms with van der Waals surface area (Å²) in [5.74, 6) is 1.76. The van der Waals surface area contributed by atoms with Crippen molar-refractivity contribution in [1.29, 1.82) is 0 Å². The van der Waals surface area contributed by atoms with Crippen molar-refractivity contribution < 1.29 is 14.4 Å². The van der Waals surface area contributed by atoms with Gasteiger partial charge < -0.3 is 14.4 Å². The zero-order chi connectivity index (χ0) is 11.7. The Morgan fingerprint density at radius 2 is 2.12 bits per heavy atom. The molecule has 1 aliphatic carbocycles. The highest BCUT2D eigenvalue weighted by atomic mass is 16.5. The highest BCUT2D eigenvalue weighted by Gasteiger charge is 2.34. The number of aliphatic hydroxyl groups is 1. The van der Waals surface area contributed by atoms with Crippen LogP contribution in [0.4, 0.5) is 0 Å². The molecular formula is C11H18N2O3. The summed E-state index contributed by atoms with van der Waals surface area (Å²) in [7, 11) is 1.65. The molecule has 90 valence electrons. The molecule has 0 bridgehead atoms. The second-order valence-corrected chi connectivity index (χ2v) is 4.71. The van der Waals surface area contributed by atoms with E-state index in [2.05, 4.69) is 24.0 Å². The van der Waals surface area contributed by atoms with Gasteiger partial charge in [-0.05, 0) is 18.8 Å². The highest BCUT2D eigenvalue weighted by Crippen LogP contribution is 2.36. The zero-order valence-electron chi connectivity index (χ0n) is 9.88. The molecule has 1 heterocycles. The zero-order valence-corrected chi connectivity index (χ0v) is 9.88. The lowest BCUT2D eigenvalue weighted by Crippen LogP contribution is -2.26. The van der Waals surface area contributed by atoms with Gasteiger partial charge >= 0.3 is 0 Å². The van der Waals surface area contributed by atoms with Crippen molar-refractivity contribution in [3.05, 3.63) is 11.7 Å². The van der Waals surface area contributed by atoms with E-state index in [0.29, 0.717) is 17.6 Å². The van der Waals surface area contributed by atoms with Crippen LogP contribution >= 0.6 is 0 Å². The minimum absolute atomic E-state index is 0.123. The Morgan fingerprint density at radius 1 is 1.44 bits per heavy atom. The minimum atomic E-state index is -0.205. The smallest absolute Gasteiger partial charge is 0.230 e. The van der Waals surface area contributed by atoms with Crippen LogP contribution in [0.2, 0.25) is 0 Å². The molecular weight excluding hydrogens is 208 g/mol. The molecule has 0 aliphatic heterocycles. The van der Waals surface area contributed by atoms with E-state index in [9.17, 15) is 5.11 Å². The number of rotatable bonds is 4. The van der Waals surface area contributed by atoms with Crippen LogP contribution in [-0.4, -0.2) is 28.5 Å².